The van der Waals surface area contributed by atoms with Crippen molar-refractivity contribution < 1.29 is 5.11 Å². The van der Waals surface area contributed by atoms with Crippen LogP contribution in [0.15, 0.2) is 0 Å². The third-order valence-electron chi connectivity index (χ3n) is 2.04. The molecule has 12 heavy (non-hydrogen) atoms. The number of aromatic nitrogens is 4. The molecule has 2 atom stereocenters. The van der Waals surface area contributed by atoms with Crippen LogP contribution >= 0.6 is 0 Å². The van der Waals surface area contributed by atoms with E-state index in [1.165, 1.54) is 4.80 Å². The molecule has 2 rings (SSSR count). The monoisotopic (exact) mass is 169 g/mol. The Morgan fingerprint density at radius 1 is 1.58 bits per heavy atom. The normalized spacial score (nSPS) is 29.5. The van der Waals surface area contributed by atoms with Gasteiger partial charge in [-0.25, -0.2) is 0 Å². The minimum atomic E-state index is -0.380. The summed E-state index contributed by atoms with van der Waals surface area (Å²) in [6.45, 7) is 1.34. The SMILES string of the molecule is Cn1nnc(C2CNCC2O)n1. The van der Waals surface area contributed by atoms with Crippen molar-refractivity contribution in [2.75, 3.05) is 13.1 Å². The average molecular weight is 169 g/mol. The molecule has 0 radical (unpaired) electrons. The van der Waals surface area contributed by atoms with Crippen molar-refractivity contribution in [1.29, 1.82) is 0 Å². The van der Waals surface area contributed by atoms with Gasteiger partial charge >= 0.3 is 0 Å². The zero-order valence-electron chi connectivity index (χ0n) is 6.80. The standard InChI is InChI=1S/C6H11N5O/c1-11-9-6(8-10-11)4-2-7-3-5(4)12/h4-5,7,12H,2-3H2,1H3. The summed E-state index contributed by atoms with van der Waals surface area (Å²) in [6.07, 6.45) is -0.380. The Bertz CT molecular complexity index is 273. The second kappa shape index (κ2) is 2.80. The van der Waals surface area contributed by atoms with Crippen LogP contribution in [0.4, 0.5) is 0 Å². The summed E-state index contributed by atoms with van der Waals surface area (Å²) in [7, 11) is 1.71. The van der Waals surface area contributed by atoms with Crippen LogP contribution in [0, 0.1) is 0 Å². The van der Waals surface area contributed by atoms with E-state index in [0.29, 0.717) is 12.4 Å². The van der Waals surface area contributed by atoms with Crippen LogP contribution in [-0.4, -0.2) is 44.5 Å². The van der Waals surface area contributed by atoms with E-state index in [2.05, 4.69) is 20.7 Å². The van der Waals surface area contributed by atoms with Crippen LogP contribution in [0.2, 0.25) is 0 Å². The predicted octanol–water partition coefficient (Wildman–Crippen LogP) is -1.74. The molecular formula is C6H11N5O. The lowest BCUT2D eigenvalue weighted by Crippen LogP contribution is -2.17. The highest BCUT2D eigenvalue weighted by molar-refractivity contribution is 5.01. The first-order valence-corrected chi connectivity index (χ1v) is 3.90. The Morgan fingerprint density at radius 2 is 2.42 bits per heavy atom. The Balaban J connectivity index is 2.19. The maximum Gasteiger partial charge on any atom is 0.181 e. The van der Waals surface area contributed by atoms with E-state index in [1.54, 1.807) is 7.05 Å². The number of hydrogen-bond acceptors (Lipinski definition) is 5. The maximum atomic E-state index is 9.47. The summed E-state index contributed by atoms with van der Waals surface area (Å²) >= 11 is 0. The Morgan fingerprint density at radius 3 is 2.92 bits per heavy atom. The van der Waals surface area contributed by atoms with Gasteiger partial charge in [0.25, 0.3) is 0 Å². The van der Waals surface area contributed by atoms with Crippen LogP contribution in [0.3, 0.4) is 0 Å². The van der Waals surface area contributed by atoms with Crippen LogP contribution in [0.1, 0.15) is 11.7 Å². The second-order valence-electron chi connectivity index (χ2n) is 2.97. The summed E-state index contributed by atoms with van der Waals surface area (Å²) < 4.78 is 0. The van der Waals surface area contributed by atoms with E-state index in [9.17, 15) is 5.11 Å². The highest BCUT2D eigenvalue weighted by Crippen LogP contribution is 2.17. The molecule has 0 amide bonds. The topological polar surface area (TPSA) is 75.9 Å². The second-order valence-corrected chi connectivity index (χ2v) is 2.97. The van der Waals surface area contributed by atoms with E-state index < -0.39 is 0 Å². The van der Waals surface area contributed by atoms with Gasteiger partial charge in [0.2, 0.25) is 0 Å². The molecule has 1 aliphatic rings. The fraction of sp³-hybridized carbons (Fsp3) is 0.833. The molecule has 0 bridgehead atoms. The Kier molecular flexibility index (Phi) is 1.78. The zero-order chi connectivity index (χ0) is 8.55. The summed E-state index contributed by atoms with van der Waals surface area (Å²) in [5.41, 5.74) is 0. The number of nitrogens with zero attached hydrogens (tertiary/aromatic N) is 4. The van der Waals surface area contributed by atoms with Crippen LogP contribution in [0.25, 0.3) is 0 Å². The summed E-state index contributed by atoms with van der Waals surface area (Å²) in [5.74, 6) is 0.619. The molecule has 0 aromatic carbocycles. The largest absolute Gasteiger partial charge is 0.391 e. The van der Waals surface area contributed by atoms with Crippen LogP contribution in [0.5, 0.6) is 0 Å². The van der Waals surface area contributed by atoms with Crippen molar-refractivity contribution in [3.05, 3.63) is 5.82 Å². The molecule has 6 heteroatoms. The van der Waals surface area contributed by atoms with Gasteiger partial charge in [0.15, 0.2) is 5.82 Å². The molecule has 0 spiro atoms. The van der Waals surface area contributed by atoms with Crippen molar-refractivity contribution in [3.8, 4) is 0 Å². The minimum Gasteiger partial charge on any atom is -0.391 e. The first-order chi connectivity index (χ1) is 5.77. The number of tetrazole rings is 1. The third kappa shape index (κ3) is 1.19. The lowest BCUT2D eigenvalue weighted by Gasteiger charge is -2.06. The zero-order valence-corrected chi connectivity index (χ0v) is 6.80. The van der Waals surface area contributed by atoms with E-state index in [1.807, 2.05) is 0 Å². The Hall–Kier alpha value is -1.01. The first-order valence-electron chi connectivity index (χ1n) is 3.90. The highest BCUT2D eigenvalue weighted by atomic mass is 16.3. The summed E-state index contributed by atoms with van der Waals surface area (Å²) in [4.78, 5) is 1.40. The van der Waals surface area contributed by atoms with Crippen LogP contribution in [-0.2, 0) is 7.05 Å². The fourth-order valence-corrected chi connectivity index (χ4v) is 1.38. The number of β-amino-alcohol motifs (C(OH)–C–C–N with tert-alkyl or cyclic N) is 1. The number of aliphatic hydroxyl groups excluding tert-OH is 1. The maximum absolute atomic E-state index is 9.47. The van der Waals surface area contributed by atoms with Crippen molar-refractivity contribution in [1.82, 2.24) is 25.5 Å². The number of nitrogens with one attached hydrogen (secondary N) is 1. The van der Waals surface area contributed by atoms with Crippen molar-refractivity contribution in [2.45, 2.75) is 12.0 Å². The van der Waals surface area contributed by atoms with Gasteiger partial charge in [0.05, 0.1) is 19.1 Å². The summed E-state index contributed by atoms with van der Waals surface area (Å²) in [5, 5.41) is 24.1. The molecule has 1 saturated heterocycles. The lowest BCUT2D eigenvalue weighted by molar-refractivity contribution is 0.174. The summed E-state index contributed by atoms with van der Waals surface area (Å²) in [6, 6.07) is 0. The molecule has 2 heterocycles. The third-order valence-corrected chi connectivity index (χ3v) is 2.04. The van der Waals surface area contributed by atoms with Gasteiger partial charge in [-0.2, -0.15) is 4.80 Å². The van der Waals surface area contributed by atoms with Crippen LogP contribution < -0.4 is 5.32 Å². The van der Waals surface area contributed by atoms with Gasteiger partial charge in [-0.15, -0.1) is 10.2 Å². The molecular weight excluding hydrogens is 158 g/mol. The van der Waals surface area contributed by atoms with Gasteiger partial charge in [-0.3, -0.25) is 0 Å². The molecule has 1 aliphatic heterocycles. The lowest BCUT2D eigenvalue weighted by atomic mass is 10.1. The molecule has 2 unspecified atom stereocenters. The van der Waals surface area contributed by atoms with E-state index in [-0.39, 0.29) is 12.0 Å². The molecule has 2 N–H and O–H groups in total. The molecule has 0 aliphatic carbocycles. The number of hydrogen-bond donors (Lipinski definition) is 2. The smallest absolute Gasteiger partial charge is 0.181 e. The molecule has 1 aromatic rings. The van der Waals surface area contributed by atoms with E-state index >= 15 is 0 Å². The molecule has 1 aromatic heterocycles. The number of aliphatic hydroxyl groups is 1. The average Bonchev–Trinajstić information content (AvgIpc) is 2.58. The predicted molar refractivity (Wildman–Crippen MR) is 40.4 cm³/mol. The highest BCUT2D eigenvalue weighted by Gasteiger charge is 2.29. The van der Waals surface area contributed by atoms with Crippen molar-refractivity contribution in [2.24, 2.45) is 7.05 Å². The number of rotatable bonds is 1. The molecule has 0 saturated carbocycles. The van der Waals surface area contributed by atoms with E-state index in [4.69, 9.17) is 0 Å². The quantitative estimate of drug-likeness (QED) is 0.522. The van der Waals surface area contributed by atoms with Gasteiger partial charge < -0.3 is 10.4 Å². The van der Waals surface area contributed by atoms with E-state index in [0.717, 1.165) is 6.54 Å². The molecule has 66 valence electrons. The van der Waals surface area contributed by atoms with Gasteiger partial charge in [0, 0.05) is 13.1 Å². The fourth-order valence-electron chi connectivity index (χ4n) is 1.38. The molecule has 1 fully saturated rings. The van der Waals surface area contributed by atoms with Gasteiger partial charge in [-0.05, 0) is 5.21 Å². The van der Waals surface area contributed by atoms with Gasteiger partial charge in [0.1, 0.15) is 0 Å². The number of aryl methyl sites for hydroxylation is 1. The molecule has 6 nitrogen and oxygen atoms in total. The minimum absolute atomic E-state index is 0.00120. The van der Waals surface area contributed by atoms with Crippen molar-refractivity contribution >= 4 is 0 Å². The Labute approximate surface area is 69.6 Å². The van der Waals surface area contributed by atoms with Gasteiger partial charge in [-0.1, -0.05) is 0 Å². The first kappa shape index (κ1) is 7.63. The van der Waals surface area contributed by atoms with Crippen molar-refractivity contribution in [3.63, 3.8) is 0 Å².